The molecule has 2 bridgehead atoms. The van der Waals surface area contributed by atoms with E-state index in [1.165, 1.54) is 26.2 Å². The van der Waals surface area contributed by atoms with Gasteiger partial charge >= 0.3 is 11.5 Å². The summed E-state index contributed by atoms with van der Waals surface area (Å²) in [6.45, 7) is 11.6. The molecule has 1 N–H and O–H groups in total. The lowest BCUT2D eigenvalue weighted by atomic mass is 9.82. The third kappa shape index (κ3) is 13.6. The average Bonchev–Trinajstić information content (AvgIpc) is 3.22. The SMILES string of the molecule is CCCC1C=C(C)CC(C)CC(OC)C2OC(O)(C(=O)C(=O)N3CCCCC3C(=O)OC(C(C)=CC3CCC(OSC(F)(F)F)C(OC)C3)C(C)CCC1=O)C(C)CC2OC. The molecule has 0 aromatic heterocycles. The van der Waals surface area contributed by atoms with Crippen LogP contribution in [0.2, 0.25) is 0 Å². The normalized spacial score (nSPS) is 37.4. The minimum atomic E-state index is -4.55. The fourth-order valence-corrected chi connectivity index (χ4v) is 10.3. The van der Waals surface area contributed by atoms with Gasteiger partial charge in [0.15, 0.2) is 0 Å². The molecule has 4 rings (SSSR count). The van der Waals surface area contributed by atoms with Gasteiger partial charge in [0.25, 0.3) is 11.7 Å². The third-order valence-corrected chi connectivity index (χ3v) is 13.7. The van der Waals surface area contributed by atoms with Crippen LogP contribution in [0.5, 0.6) is 0 Å². The molecule has 0 radical (unpaired) electrons. The fraction of sp³-hybridized carbons (Fsp3) is 0.822. The van der Waals surface area contributed by atoms with Gasteiger partial charge in [0, 0.05) is 46.1 Å². The maximum atomic E-state index is 14.4. The number of ether oxygens (including phenoxy) is 5. The summed E-state index contributed by atoms with van der Waals surface area (Å²) in [6.07, 6.45) is 5.75. The first kappa shape index (κ1) is 51.3. The highest BCUT2D eigenvalue weighted by molar-refractivity contribution is 7.95. The number of amides is 1. The monoisotopic (exact) mass is 889 g/mol. The molecule has 0 aromatic rings. The summed E-state index contributed by atoms with van der Waals surface area (Å²) in [5.41, 5.74) is -2.81. The van der Waals surface area contributed by atoms with Crippen molar-refractivity contribution in [1.82, 2.24) is 4.90 Å². The highest BCUT2D eigenvalue weighted by Gasteiger charge is 2.56. The van der Waals surface area contributed by atoms with Gasteiger partial charge in [-0.15, -0.1) is 0 Å². The van der Waals surface area contributed by atoms with E-state index in [1.807, 2.05) is 33.8 Å². The van der Waals surface area contributed by atoms with Crippen LogP contribution in [-0.2, 0) is 47.0 Å². The Balaban J connectivity index is 1.71. The van der Waals surface area contributed by atoms with Crippen molar-refractivity contribution >= 4 is 35.5 Å². The lowest BCUT2D eigenvalue weighted by Crippen LogP contribution is -2.64. The van der Waals surface area contributed by atoms with Crippen LogP contribution in [0.3, 0.4) is 0 Å². The number of rotatable bonds is 9. The van der Waals surface area contributed by atoms with Crippen LogP contribution in [0, 0.1) is 29.6 Å². The predicted molar refractivity (Wildman–Crippen MR) is 224 cm³/mol. The molecule has 1 amide bonds. The second-order valence-electron chi connectivity index (χ2n) is 18.0. The summed E-state index contributed by atoms with van der Waals surface area (Å²) < 4.78 is 73.8. The molecule has 0 aromatic carbocycles. The molecule has 3 fully saturated rings. The van der Waals surface area contributed by atoms with Crippen LogP contribution in [0.4, 0.5) is 13.2 Å². The lowest BCUT2D eigenvalue weighted by Gasteiger charge is -2.47. The zero-order valence-corrected chi connectivity index (χ0v) is 38.3. The summed E-state index contributed by atoms with van der Waals surface area (Å²) >= 11 is -0.526. The van der Waals surface area contributed by atoms with Crippen molar-refractivity contribution in [3.8, 4) is 0 Å². The molecule has 3 heterocycles. The Kier molecular flexibility index (Phi) is 19.4. The van der Waals surface area contributed by atoms with Gasteiger partial charge in [0.05, 0.1) is 24.4 Å². The molecule has 13 unspecified atom stereocenters. The average molecular weight is 890 g/mol. The van der Waals surface area contributed by atoms with Gasteiger partial charge in [-0.05, 0) is 108 Å². The topological polar surface area (TPSA) is 147 Å². The standard InChI is InChI=1S/C45H70F3NO11S/c1-10-13-32-21-26(2)20-27(3)22-37(56-8)40-38(57-9)24-30(6)44(54,59-40)41(51)42(52)49-19-12-11-14-33(49)43(53)58-39(28(4)15-17-34(32)50)29(5)23-31-16-18-35(36(25-31)55-7)60-61-45(46,47)48/h21,23,27-28,30-33,35-40,54H,10-20,22,24-25H2,1-9H3. The summed E-state index contributed by atoms with van der Waals surface area (Å²) in [5, 5.41) is 12.1. The Labute approximate surface area is 364 Å². The first-order valence-corrected chi connectivity index (χ1v) is 22.8. The number of hydrogen-bond acceptors (Lipinski definition) is 12. The van der Waals surface area contributed by atoms with Crippen LogP contribution < -0.4 is 0 Å². The molecular formula is C45H70F3NO11S. The highest BCUT2D eigenvalue weighted by Crippen LogP contribution is 2.40. The number of alkyl halides is 3. The Morgan fingerprint density at radius 3 is 2.26 bits per heavy atom. The third-order valence-electron chi connectivity index (χ3n) is 13.2. The lowest BCUT2D eigenvalue weighted by molar-refractivity contribution is -0.302. The number of piperidine rings is 1. The number of nitrogens with zero attached hydrogens (tertiary/aromatic N) is 1. The van der Waals surface area contributed by atoms with Crippen LogP contribution in [0.25, 0.3) is 0 Å². The van der Waals surface area contributed by atoms with E-state index in [0.29, 0.717) is 63.4 Å². The molecule has 12 nitrogen and oxygen atoms in total. The van der Waals surface area contributed by atoms with E-state index < -0.39 is 89.6 Å². The van der Waals surface area contributed by atoms with E-state index in [4.69, 9.17) is 27.9 Å². The fourth-order valence-electron chi connectivity index (χ4n) is 9.81. The van der Waals surface area contributed by atoms with Crippen molar-refractivity contribution in [3.05, 3.63) is 23.3 Å². The van der Waals surface area contributed by atoms with Crippen molar-refractivity contribution in [2.75, 3.05) is 27.9 Å². The highest BCUT2D eigenvalue weighted by atomic mass is 32.2. The molecule has 61 heavy (non-hydrogen) atoms. The van der Waals surface area contributed by atoms with E-state index in [-0.39, 0.29) is 55.3 Å². The van der Waals surface area contributed by atoms with Crippen molar-refractivity contribution in [2.24, 2.45) is 29.6 Å². The number of hydrogen-bond donors (Lipinski definition) is 1. The Bertz CT molecular complexity index is 1560. The summed E-state index contributed by atoms with van der Waals surface area (Å²) in [7, 11) is 4.49. The van der Waals surface area contributed by atoms with E-state index in [0.717, 1.165) is 12.0 Å². The largest absolute Gasteiger partial charge is 0.467 e. The number of esters is 1. The van der Waals surface area contributed by atoms with Gasteiger partial charge < -0.3 is 37.9 Å². The number of allylic oxidation sites excluding steroid dienone is 3. The molecule has 1 aliphatic carbocycles. The number of Topliss-reactive ketones (excluding diaryl/α,β-unsaturated/α-hetero) is 2. The predicted octanol–water partition coefficient (Wildman–Crippen LogP) is 8.08. The van der Waals surface area contributed by atoms with Gasteiger partial charge in [-0.2, -0.15) is 13.2 Å². The smallest absolute Gasteiger partial charge is 0.456 e. The molecule has 348 valence electrons. The second kappa shape index (κ2) is 23.0. The van der Waals surface area contributed by atoms with Gasteiger partial charge in [-0.1, -0.05) is 51.8 Å². The van der Waals surface area contributed by atoms with E-state index >= 15 is 0 Å². The summed E-state index contributed by atoms with van der Waals surface area (Å²) in [6, 6.07) is -1.13. The molecule has 4 aliphatic rings. The van der Waals surface area contributed by atoms with Crippen molar-refractivity contribution in [3.63, 3.8) is 0 Å². The first-order chi connectivity index (χ1) is 28.8. The number of cyclic esters (lactones) is 1. The van der Waals surface area contributed by atoms with Crippen molar-refractivity contribution in [2.45, 2.75) is 179 Å². The molecular weight excluding hydrogens is 820 g/mol. The number of fused-ring (bicyclic) bond motifs is 3. The van der Waals surface area contributed by atoms with Gasteiger partial charge in [0.2, 0.25) is 5.79 Å². The number of methoxy groups -OCH3 is 3. The Hall–Kier alpha value is -2.34. The van der Waals surface area contributed by atoms with Gasteiger partial charge in [-0.3, -0.25) is 14.4 Å². The zero-order valence-electron chi connectivity index (χ0n) is 37.5. The molecule has 1 saturated carbocycles. The number of aliphatic hydroxyl groups is 1. The maximum Gasteiger partial charge on any atom is 0.467 e. The van der Waals surface area contributed by atoms with Crippen LogP contribution in [0.1, 0.15) is 125 Å². The van der Waals surface area contributed by atoms with E-state index in [1.54, 1.807) is 6.92 Å². The second-order valence-corrected chi connectivity index (χ2v) is 18.8. The maximum absolute atomic E-state index is 14.4. The molecule has 3 aliphatic heterocycles. The van der Waals surface area contributed by atoms with Crippen molar-refractivity contribution in [1.29, 1.82) is 0 Å². The number of ketones is 2. The Morgan fingerprint density at radius 1 is 0.951 bits per heavy atom. The summed E-state index contributed by atoms with van der Waals surface area (Å²) in [5.74, 6) is -6.94. The van der Waals surface area contributed by atoms with Crippen LogP contribution in [0.15, 0.2) is 23.3 Å². The van der Waals surface area contributed by atoms with Gasteiger partial charge in [0.1, 0.15) is 36.1 Å². The molecule has 16 heteroatoms. The van der Waals surface area contributed by atoms with Crippen molar-refractivity contribution < 1.29 is 65.3 Å². The first-order valence-electron chi connectivity index (χ1n) is 22.1. The molecule has 2 saturated heterocycles. The quantitative estimate of drug-likeness (QED) is 0.103. The van der Waals surface area contributed by atoms with E-state index in [2.05, 4.69) is 13.0 Å². The van der Waals surface area contributed by atoms with Crippen LogP contribution >= 0.6 is 12.0 Å². The minimum Gasteiger partial charge on any atom is -0.456 e. The minimum absolute atomic E-state index is 0.0481. The molecule has 0 spiro atoms. The molecule has 13 atom stereocenters. The number of halogens is 3. The Morgan fingerprint density at radius 2 is 1.62 bits per heavy atom. The number of carbonyl (C=O) groups excluding carboxylic acids is 4. The number of carbonyl (C=O) groups is 4. The van der Waals surface area contributed by atoms with Gasteiger partial charge in [-0.25, -0.2) is 4.79 Å². The van der Waals surface area contributed by atoms with E-state index in [9.17, 15) is 37.5 Å². The zero-order chi connectivity index (χ0) is 45.2. The summed E-state index contributed by atoms with van der Waals surface area (Å²) in [4.78, 5) is 58.0. The van der Waals surface area contributed by atoms with Crippen LogP contribution in [-0.4, -0.2) is 115 Å².